The molecule has 128 valence electrons. The number of nitrogens with two attached hydrogens (primary N) is 1. The van der Waals surface area contributed by atoms with Gasteiger partial charge in [0.25, 0.3) is 0 Å². The van der Waals surface area contributed by atoms with Gasteiger partial charge in [-0.1, -0.05) is 11.6 Å². The van der Waals surface area contributed by atoms with E-state index in [1.54, 1.807) is 0 Å². The van der Waals surface area contributed by atoms with Gasteiger partial charge >= 0.3 is 0 Å². The molecule has 4 rings (SSSR count). The highest BCUT2D eigenvalue weighted by atomic mass is 35.5. The van der Waals surface area contributed by atoms with Crippen molar-refractivity contribution < 1.29 is 4.39 Å². The quantitative estimate of drug-likeness (QED) is 0.880. The largest absolute Gasteiger partial charge is 0.355 e. The predicted molar refractivity (Wildman–Crippen MR) is 96.1 cm³/mol. The van der Waals surface area contributed by atoms with Gasteiger partial charge in [-0.3, -0.25) is 0 Å². The Kier molecular flexibility index (Phi) is 4.95. The summed E-state index contributed by atoms with van der Waals surface area (Å²) < 4.78 is 13.4. The molecule has 2 aliphatic rings. The van der Waals surface area contributed by atoms with E-state index in [4.69, 9.17) is 17.3 Å². The van der Waals surface area contributed by atoms with Crippen LogP contribution in [0.25, 0.3) is 11.3 Å². The second kappa shape index (κ2) is 6.82. The predicted octanol–water partition coefficient (Wildman–Crippen LogP) is 3.53. The molecular formula is C17H19Cl2FN4. The lowest BCUT2D eigenvalue weighted by Gasteiger charge is -2.18. The van der Waals surface area contributed by atoms with Gasteiger partial charge in [-0.05, 0) is 55.0 Å². The maximum Gasteiger partial charge on any atom is 0.151 e. The van der Waals surface area contributed by atoms with Crippen LogP contribution in [-0.2, 0) is 0 Å². The summed E-state index contributed by atoms with van der Waals surface area (Å²) in [6.45, 7) is 1.99. The summed E-state index contributed by atoms with van der Waals surface area (Å²) >= 11 is 6.12. The lowest BCUT2D eigenvalue weighted by atomic mass is 10.0. The number of hydrogen-bond acceptors (Lipinski definition) is 4. The summed E-state index contributed by atoms with van der Waals surface area (Å²) in [5.41, 5.74) is 7.18. The summed E-state index contributed by atoms with van der Waals surface area (Å²) in [5, 5.41) is 9.03. The molecule has 2 aromatic rings. The zero-order chi connectivity index (χ0) is 16.0. The van der Waals surface area contributed by atoms with Gasteiger partial charge in [-0.2, -0.15) is 0 Å². The minimum atomic E-state index is -0.334. The van der Waals surface area contributed by atoms with Gasteiger partial charge in [-0.15, -0.1) is 22.6 Å². The van der Waals surface area contributed by atoms with Gasteiger partial charge in [0.1, 0.15) is 5.82 Å². The van der Waals surface area contributed by atoms with Crippen LogP contribution < -0.4 is 10.6 Å². The number of aromatic nitrogens is 2. The van der Waals surface area contributed by atoms with Crippen molar-refractivity contribution in [3.8, 4) is 11.3 Å². The van der Waals surface area contributed by atoms with E-state index in [9.17, 15) is 4.39 Å². The molecule has 1 aliphatic heterocycles. The second-order valence-corrected chi connectivity index (χ2v) is 6.96. The summed E-state index contributed by atoms with van der Waals surface area (Å²) in [5.74, 6) is 1.87. The molecule has 0 unspecified atom stereocenters. The van der Waals surface area contributed by atoms with Crippen LogP contribution >= 0.6 is 24.0 Å². The SMILES string of the molecule is Cl.NC1C[C@@H]2CN(c3ccc(-c4cc(F)ccc4Cl)nn3)C[C@H]2C1. The third-order valence-corrected chi connectivity index (χ3v) is 5.30. The van der Waals surface area contributed by atoms with Crippen molar-refractivity contribution >= 4 is 29.8 Å². The highest BCUT2D eigenvalue weighted by Crippen LogP contribution is 2.38. The zero-order valence-electron chi connectivity index (χ0n) is 13.0. The monoisotopic (exact) mass is 368 g/mol. The Balaban J connectivity index is 0.00000169. The van der Waals surface area contributed by atoms with Crippen molar-refractivity contribution in [1.82, 2.24) is 10.2 Å². The van der Waals surface area contributed by atoms with Crippen molar-refractivity contribution in [2.24, 2.45) is 17.6 Å². The molecule has 0 spiro atoms. The van der Waals surface area contributed by atoms with E-state index >= 15 is 0 Å². The van der Waals surface area contributed by atoms with E-state index in [-0.39, 0.29) is 18.2 Å². The number of halogens is 3. The van der Waals surface area contributed by atoms with Gasteiger partial charge in [0.2, 0.25) is 0 Å². The van der Waals surface area contributed by atoms with Gasteiger partial charge in [-0.25, -0.2) is 4.39 Å². The van der Waals surface area contributed by atoms with Crippen molar-refractivity contribution in [2.45, 2.75) is 18.9 Å². The van der Waals surface area contributed by atoms with Gasteiger partial charge in [0, 0.05) is 24.7 Å². The van der Waals surface area contributed by atoms with Gasteiger partial charge in [0.05, 0.1) is 10.7 Å². The highest BCUT2D eigenvalue weighted by Gasteiger charge is 2.40. The van der Waals surface area contributed by atoms with E-state index in [1.807, 2.05) is 12.1 Å². The average Bonchev–Trinajstić information content (AvgIpc) is 3.07. The Bertz CT molecular complexity index is 711. The molecule has 0 bridgehead atoms. The molecule has 4 nitrogen and oxygen atoms in total. The second-order valence-electron chi connectivity index (χ2n) is 6.56. The maximum atomic E-state index is 13.4. The smallest absolute Gasteiger partial charge is 0.151 e. The molecule has 0 radical (unpaired) electrons. The van der Waals surface area contributed by atoms with Crippen LogP contribution in [0.3, 0.4) is 0 Å². The zero-order valence-corrected chi connectivity index (χ0v) is 14.6. The van der Waals surface area contributed by atoms with Crippen LogP contribution in [0.1, 0.15) is 12.8 Å². The third-order valence-electron chi connectivity index (χ3n) is 4.97. The van der Waals surface area contributed by atoms with Crippen molar-refractivity contribution in [1.29, 1.82) is 0 Å². The Hall–Kier alpha value is -1.43. The minimum absolute atomic E-state index is 0. The van der Waals surface area contributed by atoms with Crippen molar-refractivity contribution in [3.05, 3.63) is 41.2 Å². The fourth-order valence-electron chi connectivity index (χ4n) is 3.87. The fourth-order valence-corrected chi connectivity index (χ4v) is 4.08. The molecule has 7 heteroatoms. The molecule has 1 aromatic heterocycles. The highest BCUT2D eigenvalue weighted by molar-refractivity contribution is 6.33. The lowest BCUT2D eigenvalue weighted by Crippen LogP contribution is -2.25. The van der Waals surface area contributed by atoms with Crippen LogP contribution in [0.15, 0.2) is 30.3 Å². The average molecular weight is 369 g/mol. The molecule has 2 fully saturated rings. The Labute approximate surface area is 151 Å². The molecule has 24 heavy (non-hydrogen) atoms. The first-order chi connectivity index (χ1) is 11.1. The van der Waals surface area contributed by atoms with Crippen LogP contribution in [0.4, 0.5) is 10.2 Å². The van der Waals surface area contributed by atoms with E-state index in [2.05, 4.69) is 15.1 Å². The van der Waals surface area contributed by atoms with E-state index in [0.29, 0.717) is 34.2 Å². The summed E-state index contributed by atoms with van der Waals surface area (Å²) in [7, 11) is 0. The minimum Gasteiger partial charge on any atom is -0.355 e. The third kappa shape index (κ3) is 3.21. The molecule has 1 aliphatic carbocycles. The Morgan fingerprint density at radius 3 is 2.42 bits per heavy atom. The number of fused-ring (bicyclic) bond motifs is 1. The lowest BCUT2D eigenvalue weighted by molar-refractivity contribution is 0.494. The first-order valence-electron chi connectivity index (χ1n) is 7.90. The number of rotatable bonds is 2. The first-order valence-corrected chi connectivity index (χ1v) is 8.27. The molecule has 2 N–H and O–H groups in total. The maximum absolute atomic E-state index is 13.4. The van der Waals surface area contributed by atoms with E-state index in [1.165, 1.54) is 18.2 Å². The molecule has 1 aromatic carbocycles. The number of benzene rings is 1. The molecule has 1 saturated heterocycles. The van der Waals surface area contributed by atoms with E-state index in [0.717, 1.165) is 31.7 Å². The summed E-state index contributed by atoms with van der Waals surface area (Å²) in [4.78, 5) is 2.27. The number of anilines is 1. The van der Waals surface area contributed by atoms with Crippen LogP contribution in [0.2, 0.25) is 5.02 Å². The standard InChI is InChI=1S/C17H18ClFN4.ClH/c18-15-2-1-12(19)7-14(15)16-3-4-17(22-21-16)23-8-10-5-13(20)6-11(10)9-23;/h1-4,7,10-11,13H,5-6,8-9,20H2;1H/t10-,11-;/m1./s1. The molecule has 2 heterocycles. The molecule has 0 amide bonds. The van der Waals surface area contributed by atoms with Crippen LogP contribution in [0, 0.1) is 17.7 Å². The summed E-state index contributed by atoms with van der Waals surface area (Å²) in [6.07, 6.45) is 2.21. The Morgan fingerprint density at radius 2 is 1.79 bits per heavy atom. The molecule has 1 saturated carbocycles. The molecule has 2 atom stereocenters. The Morgan fingerprint density at radius 1 is 1.08 bits per heavy atom. The number of nitrogens with zero attached hydrogens (tertiary/aromatic N) is 3. The summed E-state index contributed by atoms with van der Waals surface area (Å²) in [6, 6.07) is 8.39. The van der Waals surface area contributed by atoms with Crippen molar-refractivity contribution in [2.75, 3.05) is 18.0 Å². The van der Waals surface area contributed by atoms with Gasteiger partial charge in [0.15, 0.2) is 5.82 Å². The first kappa shape index (κ1) is 17.4. The van der Waals surface area contributed by atoms with Crippen LogP contribution in [-0.4, -0.2) is 29.3 Å². The van der Waals surface area contributed by atoms with Crippen LogP contribution in [0.5, 0.6) is 0 Å². The fraction of sp³-hybridized carbons (Fsp3) is 0.412. The van der Waals surface area contributed by atoms with Crippen molar-refractivity contribution in [3.63, 3.8) is 0 Å². The topological polar surface area (TPSA) is 55.0 Å². The number of hydrogen-bond donors (Lipinski definition) is 1. The van der Waals surface area contributed by atoms with E-state index < -0.39 is 0 Å². The normalized spacial score (nSPS) is 23.2. The molecular weight excluding hydrogens is 350 g/mol. The van der Waals surface area contributed by atoms with Gasteiger partial charge < -0.3 is 10.6 Å².